The Balaban J connectivity index is 1.83. The number of nitrogens with one attached hydrogen (secondary N) is 1. The van der Waals surface area contributed by atoms with Crippen molar-refractivity contribution in [2.24, 2.45) is 0 Å². The summed E-state index contributed by atoms with van der Waals surface area (Å²) < 4.78 is 50.8. The number of hydrogen-bond donors (Lipinski definition) is 1. The van der Waals surface area contributed by atoms with Crippen molar-refractivity contribution in [2.45, 2.75) is 45.9 Å². The van der Waals surface area contributed by atoms with Crippen molar-refractivity contribution in [3.63, 3.8) is 0 Å². The Hall–Kier alpha value is -3.48. The van der Waals surface area contributed by atoms with Crippen LogP contribution in [0.1, 0.15) is 54.7 Å². The predicted octanol–water partition coefficient (Wildman–Crippen LogP) is 7.23. The first-order valence-corrected chi connectivity index (χ1v) is 11.0. The van der Waals surface area contributed by atoms with Crippen LogP contribution in [0.25, 0.3) is 0 Å². The maximum Gasteiger partial charge on any atom is 0.416 e. The third-order valence-electron chi connectivity index (χ3n) is 5.15. The summed E-state index contributed by atoms with van der Waals surface area (Å²) in [6, 6.07) is 17.1. The Bertz CT molecular complexity index is 1150. The Morgan fingerprint density at radius 2 is 1.62 bits per heavy atom. The minimum atomic E-state index is -4.49. The zero-order valence-electron chi connectivity index (χ0n) is 19.6. The van der Waals surface area contributed by atoms with E-state index < -0.39 is 17.6 Å². The molecule has 0 radical (unpaired) electrons. The predicted molar refractivity (Wildman–Crippen MR) is 126 cm³/mol. The molecule has 0 aromatic heterocycles. The van der Waals surface area contributed by atoms with Gasteiger partial charge in [-0.2, -0.15) is 13.2 Å². The molecule has 3 rings (SSSR count). The standard InChI is InChI=1S/C27H28F3NO3/c1-5-33-23-14-13-18(25(32)31-21-10-8-9-20(16-21)27(28,29)30)15-19(23)17-34-24-12-7-6-11-22(24)26(2,3)4/h6-16H,5,17H2,1-4H3,(H,31,32). The molecule has 1 N–H and O–H groups in total. The zero-order chi connectivity index (χ0) is 24.9. The van der Waals surface area contributed by atoms with E-state index in [0.717, 1.165) is 23.4 Å². The molecular weight excluding hydrogens is 443 g/mol. The number of amides is 1. The highest BCUT2D eigenvalue weighted by atomic mass is 19.4. The van der Waals surface area contributed by atoms with E-state index in [-0.39, 0.29) is 23.3 Å². The van der Waals surface area contributed by atoms with E-state index in [1.165, 1.54) is 12.1 Å². The van der Waals surface area contributed by atoms with Gasteiger partial charge in [-0.25, -0.2) is 0 Å². The van der Waals surface area contributed by atoms with Gasteiger partial charge in [0.05, 0.1) is 12.2 Å². The van der Waals surface area contributed by atoms with Crippen LogP contribution in [-0.2, 0) is 18.2 Å². The normalized spacial score (nSPS) is 11.7. The van der Waals surface area contributed by atoms with Crippen LogP contribution in [-0.4, -0.2) is 12.5 Å². The largest absolute Gasteiger partial charge is 0.493 e. The number of carbonyl (C=O) groups is 1. The Morgan fingerprint density at radius 1 is 0.882 bits per heavy atom. The molecule has 4 nitrogen and oxygen atoms in total. The number of para-hydroxylation sites is 1. The maximum absolute atomic E-state index is 13.0. The monoisotopic (exact) mass is 471 g/mol. The highest BCUT2D eigenvalue weighted by Gasteiger charge is 2.30. The van der Waals surface area contributed by atoms with Crippen LogP contribution in [0.2, 0.25) is 0 Å². The van der Waals surface area contributed by atoms with E-state index in [4.69, 9.17) is 9.47 Å². The molecule has 34 heavy (non-hydrogen) atoms. The van der Waals surface area contributed by atoms with Gasteiger partial charge in [0, 0.05) is 16.8 Å². The molecule has 0 aliphatic carbocycles. The highest BCUT2D eigenvalue weighted by Crippen LogP contribution is 2.33. The molecule has 0 spiro atoms. The van der Waals surface area contributed by atoms with Crippen LogP contribution in [0.5, 0.6) is 11.5 Å². The first-order valence-electron chi connectivity index (χ1n) is 11.0. The lowest BCUT2D eigenvalue weighted by molar-refractivity contribution is -0.137. The van der Waals surface area contributed by atoms with Gasteiger partial charge in [0.25, 0.3) is 5.91 Å². The number of anilines is 1. The summed E-state index contributed by atoms with van der Waals surface area (Å²) in [5.41, 5.74) is 1.10. The summed E-state index contributed by atoms with van der Waals surface area (Å²) in [6.07, 6.45) is -4.49. The molecular formula is C27H28F3NO3. The number of hydrogen-bond acceptors (Lipinski definition) is 3. The fourth-order valence-electron chi connectivity index (χ4n) is 3.47. The lowest BCUT2D eigenvalue weighted by Crippen LogP contribution is -2.15. The first kappa shape index (κ1) is 25.1. The average molecular weight is 472 g/mol. The molecule has 0 atom stereocenters. The molecule has 7 heteroatoms. The minimum absolute atomic E-state index is 0.0608. The van der Waals surface area contributed by atoms with Gasteiger partial charge in [0.2, 0.25) is 0 Å². The third-order valence-corrected chi connectivity index (χ3v) is 5.15. The molecule has 0 unspecified atom stereocenters. The molecule has 1 amide bonds. The lowest BCUT2D eigenvalue weighted by atomic mass is 9.86. The fraction of sp³-hybridized carbons (Fsp3) is 0.296. The van der Waals surface area contributed by atoms with Gasteiger partial charge in [0.15, 0.2) is 0 Å². The van der Waals surface area contributed by atoms with E-state index in [1.54, 1.807) is 18.2 Å². The number of halogens is 3. The molecule has 180 valence electrons. The number of carbonyl (C=O) groups excluding carboxylic acids is 1. The fourth-order valence-corrected chi connectivity index (χ4v) is 3.47. The van der Waals surface area contributed by atoms with Crippen molar-refractivity contribution < 1.29 is 27.4 Å². The van der Waals surface area contributed by atoms with E-state index in [2.05, 4.69) is 26.1 Å². The topological polar surface area (TPSA) is 47.6 Å². The van der Waals surface area contributed by atoms with Crippen LogP contribution >= 0.6 is 0 Å². The summed E-state index contributed by atoms with van der Waals surface area (Å²) >= 11 is 0. The van der Waals surface area contributed by atoms with E-state index in [9.17, 15) is 18.0 Å². The number of ether oxygens (including phenoxy) is 2. The molecule has 0 saturated heterocycles. The van der Waals surface area contributed by atoms with Gasteiger partial charge in [-0.15, -0.1) is 0 Å². The van der Waals surface area contributed by atoms with Crippen molar-refractivity contribution in [2.75, 3.05) is 11.9 Å². The van der Waals surface area contributed by atoms with E-state index in [1.807, 2.05) is 31.2 Å². The Kier molecular flexibility index (Phi) is 7.54. The van der Waals surface area contributed by atoms with Gasteiger partial charge >= 0.3 is 6.18 Å². The Morgan fingerprint density at radius 3 is 2.29 bits per heavy atom. The minimum Gasteiger partial charge on any atom is -0.493 e. The highest BCUT2D eigenvalue weighted by molar-refractivity contribution is 6.04. The molecule has 0 saturated carbocycles. The quantitative estimate of drug-likeness (QED) is 0.395. The molecule has 3 aromatic rings. The van der Waals surface area contributed by atoms with Crippen molar-refractivity contribution >= 4 is 11.6 Å². The van der Waals surface area contributed by atoms with Crippen molar-refractivity contribution in [3.05, 3.63) is 89.0 Å². The maximum atomic E-state index is 13.0. The van der Waals surface area contributed by atoms with Gasteiger partial charge in [0.1, 0.15) is 18.1 Å². The van der Waals surface area contributed by atoms with Gasteiger partial charge in [-0.1, -0.05) is 45.0 Å². The smallest absolute Gasteiger partial charge is 0.416 e. The second kappa shape index (κ2) is 10.2. The zero-order valence-corrected chi connectivity index (χ0v) is 19.6. The van der Waals surface area contributed by atoms with Crippen LogP contribution in [0, 0.1) is 0 Å². The summed E-state index contributed by atoms with van der Waals surface area (Å²) in [7, 11) is 0. The SMILES string of the molecule is CCOc1ccc(C(=O)Nc2cccc(C(F)(F)F)c2)cc1COc1ccccc1C(C)(C)C. The second-order valence-corrected chi connectivity index (χ2v) is 8.82. The van der Waals surface area contributed by atoms with Gasteiger partial charge in [-0.3, -0.25) is 4.79 Å². The second-order valence-electron chi connectivity index (χ2n) is 8.82. The van der Waals surface area contributed by atoms with Crippen LogP contribution in [0.3, 0.4) is 0 Å². The van der Waals surface area contributed by atoms with Crippen LogP contribution in [0.4, 0.5) is 18.9 Å². The first-order chi connectivity index (χ1) is 16.0. The molecule has 0 fully saturated rings. The Labute approximate surface area is 197 Å². The number of alkyl halides is 3. The van der Waals surface area contributed by atoms with Gasteiger partial charge < -0.3 is 14.8 Å². The van der Waals surface area contributed by atoms with Crippen LogP contribution < -0.4 is 14.8 Å². The molecule has 0 bridgehead atoms. The van der Waals surface area contributed by atoms with E-state index in [0.29, 0.717) is 17.9 Å². The summed E-state index contributed by atoms with van der Waals surface area (Å²) in [6.45, 7) is 8.74. The van der Waals surface area contributed by atoms with Crippen molar-refractivity contribution in [3.8, 4) is 11.5 Å². The van der Waals surface area contributed by atoms with Crippen molar-refractivity contribution in [1.29, 1.82) is 0 Å². The molecule has 0 heterocycles. The summed E-state index contributed by atoms with van der Waals surface area (Å²) in [5.74, 6) is 0.779. The summed E-state index contributed by atoms with van der Waals surface area (Å²) in [5, 5.41) is 2.53. The summed E-state index contributed by atoms with van der Waals surface area (Å²) in [4.78, 5) is 12.8. The van der Waals surface area contributed by atoms with Crippen LogP contribution in [0.15, 0.2) is 66.7 Å². The molecule has 3 aromatic carbocycles. The molecule has 0 aliphatic heterocycles. The lowest BCUT2D eigenvalue weighted by Gasteiger charge is -2.23. The number of rotatable bonds is 7. The average Bonchev–Trinajstić information content (AvgIpc) is 2.77. The third kappa shape index (κ3) is 6.31. The molecule has 0 aliphatic rings. The van der Waals surface area contributed by atoms with Gasteiger partial charge in [-0.05, 0) is 60.4 Å². The number of benzene rings is 3. The van der Waals surface area contributed by atoms with Crippen molar-refractivity contribution in [1.82, 2.24) is 0 Å². The van der Waals surface area contributed by atoms with E-state index >= 15 is 0 Å².